The molecular weight excluding hydrogens is 236 g/mol. The molecule has 0 aliphatic carbocycles. The molecule has 0 unspecified atom stereocenters. The lowest BCUT2D eigenvalue weighted by Gasteiger charge is -2.20. The number of aromatic nitrogens is 1. The zero-order chi connectivity index (χ0) is 13.1. The van der Waals surface area contributed by atoms with Crippen molar-refractivity contribution in [1.29, 1.82) is 0 Å². The highest BCUT2D eigenvalue weighted by molar-refractivity contribution is 5.58. The fourth-order valence-electron chi connectivity index (χ4n) is 1.97. The summed E-state index contributed by atoms with van der Waals surface area (Å²) in [4.78, 5) is 16.3. The van der Waals surface area contributed by atoms with Crippen molar-refractivity contribution in [2.45, 2.75) is 19.4 Å². The zero-order valence-corrected chi connectivity index (χ0v) is 10.2. The van der Waals surface area contributed by atoms with Crippen LogP contribution in [0, 0.1) is 10.1 Å². The van der Waals surface area contributed by atoms with Gasteiger partial charge in [0.1, 0.15) is 5.69 Å². The van der Waals surface area contributed by atoms with Crippen LogP contribution >= 0.6 is 0 Å². The largest absolute Gasteiger partial charge is 0.392 e. The number of anilines is 2. The van der Waals surface area contributed by atoms with Gasteiger partial charge >= 0.3 is 5.82 Å². The summed E-state index contributed by atoms with van der Waals surface area (Å²) in [7, 11) is 0. The summed E-state index contributed by atoms with van der Waals surface area (Å²) >= 11 is 0. The first-order valence-electron chi connectivity index (χ1n) is 5.85. The maximum absolute atomic E-state index is 10.8. The SMILES string of the molecule is C[C@H]1CN(c2ccc(N)c([N+](=O)[O-])n2)CCCO1. The first-order chi connectivity index (χ1) is 8.58. The van der Waals surface area contributed by atoms with Gasteiger partial charge < -0.3 is 25.5 Å². The maximum Gasteiger partial charge on any atom is 0.388 e. The molecule has 1 aromatic rings. The highest BCUT2D eigenvalue weighted by Crippen LogP contribution is 2.23. The van der Waals surface area contributed by atoms with Crippen LogP contribution in [0.4, 0.5) is 17.3 Å². The van der Waals surface area contributed by atoms with Crippen molar-refractivity contribution in [3.63, 3.8) is 0 Å². The average molecular weight is 252 g/mol. The lowest BCUT2D eigenvalue weighted by Crippen LogP contribution is -2.30. The molecule has 0 bridgehead atoms. The fraction of sp³-hybridized carbons (Fsp3) is 0.545. The number of hydrogen-bond acceptors (Lipinski definition) is 6. The molecular formula is C11H16N4O3. The molecule has 0 spiro atoms. The minimum atomic E-state index is -0.559. The van der Waals surface area contributed by atoms with E-state index in [2.05, 4.69) is 4.98 Å². The van der Waals surface area contributed by atoms with Crippen LogP contribution in [0.3, 0.4) is 0 Å². The predicted octanol–water partition coefficient (Wildman–Crippen LogP) is 1.19. The number of nitrogen functional groups attached to an aromatic ring is 1. The summed E-state index contributed by atoms with van der Waals surface area (Å²) in [6.45, 7) is 4.13. The molecule has 1 aliphatic heterocycles. The molecule has 18 heavy (non-hydrogen) atoms. The Labute approximate surface area is 105 Å². The Bertz CT molecular complexity index is 452. The Kier molecular flexibility index (Phi) is 3.61. The van der Waals surface area contributed by atoms with E-state index in [0.717, 1.165) is 13.0 Å². The zero-order valence-electron chi connectivity index (χ0n) is 10.2. The number of nitrogens with zero attached hydrogens (tertiary/aromatic N) is 3. The van der Waals surface area contributed by atoms with Gasteiger partial charge in [-0.3, -0.25) is 0 Å². The number of ether oxygens (including phenoxy) is 1. The van der Waals surface area contributed by atoms with Gasteiger partial charge in [0.15, 0.2) is 0 Å². The molecule has 2 rings (SSSR count). The van der Waals surface area contributed by atoms with Crippen molar-refractivity contribution in [3.05, 3.63) is 22.2 Å². The van der Waals surface area contributed by atoms with E-state index in [1.807, 2.05) is 11.8 Å². The highest BCUT2D eigenvalue weighted by Gasteiger charge is 2.22. The average Bonchev–Trinajstić information content (AvgIpc) is 2.54. The van der Waals surface area contributed by atoms with Crippen LogP contribution in [0.2, 0.25) is 0 Å². The van der Waals surface area contributed by atoms with Crippen molar-refractivity contribution < 1.29 is 9.66 Å². The molecule has 0 saturated carbocycles. The van der Waals surface area contributed by atoms with Crippen LogP contribution in [-0.4, -0.2) is 35.7 Å². The van der Waals surface area contributed by atoms with Gasteiger partial charge in [-0.1, -0.05) is 0 Å². The summed E-state index contributed by atoms with van der Waals surface area (Å²) in [5.74, 6) is 0.290. The topological polar surface area (TPSA) is 94.5 Å². The van der Waals surface area contributed by atoms with Gasteiger partial charge in [-0.15, -0.1) is 0 Å². The first-order valence-corrected chi connectivity index (χ1v) is 5.85. The third-order valence-corrected chi connectivity index (χ3v) is 2.84. The van der Waals surface area contributed by atoms with Gasteiger partial charge in [-0.05, 0) is 29.3 Å². The van der Waals surface area contributed by atoms with Gasteiger partial charge in [0.25, 0.3) is 0 Å². The normalized spacial score (nSPS) is 20.5. The van der Waals surface area contributed by atoms with Crippen molar-refractivity contribution >= 4 is 17.3 Å². The number of hydrogen-bond donors (Lipinski definition) is 1. The van der Waals surface area contributed by atoms with Gasteiger partial charge in [-0.25, -0.2) is 0 Å². The third-order valence-electron chi connectivity index (χ3n) is 2.84. The smallest absolute Gasteiger partial charge is 0.388 e. The van der Waals surface area contributed by atoms with Crippen LogP contribution in [0.25, 0.3) is 0 Å². The summed E-state index contributed by atoms with van der Waals surface area (Å²) in [5.41, 5.74) is 5.62. The second kappa shape index (κ2) is 5.18. The molecule has 0 amide bonds. The molecule has 1 saturated heterocycles. The van der Waals surface area contributed by atoms with Gasteiger partial charge in [-0.2, -0.15) is 0 Å². The molecule has 1 atom stereocenters. The van der Waals surface area contributed by atoms with Gasteiger partial charge in [0.2, 0.25) is 5.82 Å². The third kappa shape index (κ3) is 2.67. The van der Waals surface area contributed by atoms with Crippen LogP contribution in [0.5, 0.6) is 0 Å². The predicted molar refractivity (Wildman–Crippen MR) is 67.5 cm³/mol. The van der Waals surface area contributed by atoms with E-state index in [1.54, 1.807) is 6.07 Å². The van der Waals surface area contributed by atoms with Crippen LogP contribution < -0.4 is 10.6 Å². The molecule has 7 nitrogen and oxygen atoms in total. The summed E-state index contributed by atoms with van der Waals surface area (Å²) in [6, 6.07) is 3.23. The molecule has 0 radical (unpaired) electrons. The van der Waals surface area contributed by atoms with Crippen molar-refractivity contribution in [2.75, 3.05) is 30.3 Å². The minimum absolute atomic E-state index is 0.0860. The minimum Gasteiger partial charge on any atom is -0.392 e. The number of nitro groups is 1. The lowest BCUT2D eigenvalue weighted by atomic mass is 10.3. The van der Waals surface area contributed by atoms with E-state index in [9.17, 15) is 10.1 Å². The van der Waals surface area contributed by atoms with Gasteiger partial charge in [0.05, 0.1) is 6.10 Å². The molecule has 2 N–H and O–H groups in total. The maximum atomic E-state index is 10.8. The lowest BCUT2D eigenvalue weighted by molar-refractivity contribution is -0.388. The standard InChI is InChI=1S/C11H16N4O3/c1-8-7-14(5-2-6-18-8)10-4-3-9(12)11(13-10)15(16)17/h3-4,8H,2,5-7,12H2,1H3/t8-/m0/s1. The molecule has 1 aliphatic rings. The van der Waals surface area contributed by atoms with Crippen molar-refractivity contribution in [3.8, 4) is 0 Å². The Morgan fingerprint density at radius 2 is 2.39 bits per heavy atom. The highest BCUT2D eigenvalue weighted by atomic mass is 16.6. The first kappa shape index (κ1) is 12.6. The molecule has 1 aromatic heterocycles. The Morgan fingerprint density at radius 1 is 1.61 bits per heavy atom. The number of nitrogens with two attached hydrogens (primary N) is 1. The molecule has 2 heterocycles. The number of rotatable bonds is 2. The number of pyridine rings is 1. The fourth-order valence-corrected chi connectivity index (χ4v) is 1.97. The monoisotopic (exact) mass is 252 g/mol. The van der Waals surface area contributed by atoms with Crippen LogP contribution in [0.1, 0.15) is 13.3 Å². The van der Waals surface area contributed by atoms with E-state index in [1.165, 1.54) is 6.07 Å². The Hall–Kier alpha value is -1.89. The van der Waals surface area contributed by atoms with Crippen LogP contribution in [-0.2, 0) is 4.74 Å². The van der Waals surface area contributed by atoms with Gasteiger partial charge in [0, 0.05) is 25.8 Å². The van der Waals surface area contributed by atoms with E-state index >= 15 is 0 Å². The second-order valence-corrected chi connectivity index (χ2v) is 4.32. The van der Waals surface area contributed by atoms with E-state index < -0.39 is 4.92 Å². The van der Waals surface area contributed by atoms with E-state index in [0.29, 0.717) is 19.0 Å². The van der Waals surface area contributed by atoms with Crippen molar-refractivity contribution in [2.24, 2.45) is 0 Å². The van der Waals surface area contributed by atoms with Crippen LogP contribution in [0.15, 0.2) is 12.1 Å². The molecule has 7 heteroatoms. The molecule has 0 aromatic carbocycles. The quantitative estimate of drug-likeness (QED) is 0.627. The van der Waals surface area contributed by atoms with E-state index in [4.69, 9.17) is 10.5 Å². The summed E-state index contributed by atoms with van der Waals surface area (Å²) < 4.78 is 5.53. The van der Waals surface area contributed by atoms with Crippen molar-refractivity contribution in [1.82, 2.24) is 4.98 Å². The second-order valence-electron chi connectivity index (χ2n) is 4.32. The molecule has 98 valence electrons. The Morgan fingerprint density at radius 3 is 3.11 bits per heavy atom. The Balaban J connectivity index is 2.26. The summed E-state index contributed by atoms with van der Waals surface area (Å²) in [5, 5.41) is 10.8. The van der Waals surface area contributed by atoms with E-state index in [-0.39, 0.29) is 17.6 Å². The summed E-state index contributed by atoms with van der Waals surface area (Å²) in [6.07, 6.45) is 0.968. The molecule has 1 fully saturated rings.